The zero-order chi connectivity index (χ0) is 14.9. The first-order valence-electron chi connectivity index (χ1n) is 7.83. The monoisotopic (exact) mass is 300 g/mol. The summed E-state index contributed by atoms with van der Waals surface area (Å²) < 4.78 is 10.6. The number of nitrogens with one attached hydrogen (secondary N) is 1. The third-order valence-electron chi connectivity index (χ3n) is 4.87. The molecule has 116 valence electrons. The van der Waals surface area contributed by atoms with Crippen LogP contribution in [0.25, 0.3) is 0 Å². The predicted molar refractivity (Wildman–Crippen MR) is 79.6 cm³/mol. The van der Waals surface area contributed by atoms with Crippen molar-refractivity contribution >= 4 is 5.91 Å². The number of carbonyl (C=O) groups is 1. The summed E-state index contributed by atoms with van der Waals surface area (Å²) in [5.41, 5.74) is 0. The SMILES string of the molecule is O=C(CC1[C@H]2CN(Cc3ccco3)C[C@@H]12)NCc1ccco1. The quantitative estimate of drug-likeness (QED) is 0.889. The topological polar surface area (TPSA) is 58.6 Å². The fraction of sp³-hybridized carbons (Fsp3) is 0.471. The highest BCUT2D eigenvalue weighted by Gasteiger charge is 2.55. The molecule has 1 unspecified atom stereocenters. The first kappa shape index (κ1) is 13.6. The minimum atomic E-state index is 0.133. The lowest BCUT2D eigenvalue weighted by Gasteiger charge is -2.17. The Morgan fingerprint density at radius 3 is 2.45 bits per heavy atom. The summed E-state index contributed by atoms with van der Waals surface area (Å²) in [6.07, 6.45) is 3.99. The second-order valence-electron chi connectivity index (χ2n) is 6.33. The maximum absolute atomic E-state index is 12.0. The van der Waals surface area contributed by atoms with Crippen LogP contribution in [-0.2, 0) is 17.9 Å². The molecule has 5 heteroatoms. The largest absolute Gasteiger partial charge is 0.468 e. The predicted octanol–water partition coefficient (Wildman–Crippen LogP) is 2.26. The lowest BCUT2D eigenvalue weighted by atomic mass is 10.2. The van der Waals surface area contributed by atoms with E-state index in [4.69, 9.17) is 8.83 Å². The Morgan fingerprint density at radius 1 is 1.14 bits per heavy atom. The Morgan fingerprint density at radius 2 is 1.82 bits per heavy atom. The molecular formula is C17H20N2O3. The number of likely N-dealkylation sites (tertiary alicyclic amines) is 1. The van der Waals surface area contributed by atoms with Gasteiger partial charge in [0, 0.05) is 19.5 Å². The van der Waals surface area contributed by atoms with Crippen molar-refractivity contribution in [2.45, 2.75) is 19.5 Å². The van der Waals surface area contributed by atoms with Crippen LogP contribution in [0.5, 0.6) is 0 Å². The molecule has 4 rings (SSSR count). The summed E-state index contributed by atoms with van der Waals surface area (Å²) in [4.78, 5) is 14.4. The van der Waals surface area contributed by atoms with Gasteiger partial charge in [0.1, 0.15) is 11.5 Å². The van der Waals surface area contributed by atoms with Crippen molar-refractivity contribution in [2.24, 2.45) is 17.8 Å². The molecule has 0 aromatic carbocycles. The van der Waals surface area contributed by atoms with Crippen LogP contribution in [0, 0.1) is 17.8 Å². The Kier molecular flexibility index (Phi) is 3.50. The lowest BCUT2D eigenvalue weighted by molar-refractivity contribution is -0.121. The molecule has 2 aliphatic rings. The number of rotatable bonds is 6. The van der Waals surface area contributed by atoms with Crippen LogP contribution in [0.4, 0.5) is 0 Å². The summed E-state index contributed by atoms with van der Waals surface area (Å²) in [6, 6.07) is 7.65. The lowest BCUT2D eigenvalue weighted by Crippen LogP contribution is -2.27. The molecule has 3 heterocycles. The number of piperidine rings is 1. The van der Waals surface area contributed by atoms with Crippen LogP contribution in [0.3, 0.4) is 0 Å². The van der Waals surface area contributed by atoms with Gasteiger partial charge in [-0.05, 0) is 42.0 Å². The van der Waals surface area contributed by atoms with Crippen LogP contribution in [0.2, 0.25) is 0 Å². The highest BCUT2D eigenvalue weighted by molar-refractivity contribution is 5.76. The molecule has 1 saturated heterocycles. The molecule has 5 nitrogen and oxygen atoms in total. The Labute approximate surface area is 129 Å². The number of carbonyl (C=O) groups excluding carboxylic acids is 1. The van der Waals surface area contributed by atoms with Crippen LogP contribution in [0.15, 0.2) is 45.6 Å². The number of furan rings is 2. The van der Waals surface area contributed by atoms with Crippen molar-refractivity contribution in [2.75, 3.05) is 13.1 Å². The summed E-state index contributed by atoms with van der Waals surface area (Å²) in [7, 11) is 0. The molecule has 2 aromatic heterocycles. The number of hydrogen-bond donors (Lipinski definition) is 1. The highest BCUT2D eigenvalue weighted by Crippen LogP contribution is 2.53. The van der Waals surface area contributed by atoms with Crippen molar-refractivity contribution in [3.05, 3.63) is 48.3 Å². The second kappa shape index (κ2) is 5.65. The third kappa shape index (κ3) is 2.81. The molecule has 1 saturated carbocycles. The summed E-state index contributed by atoms with van der Waals surface area (Å²) >= 11 is 0. The molecule has 2 aromatic rings. The van der Waals surface area contributed by atoms with Gasteiger partial charge >= 0.3 is 0 Å². The van der Waals surface area contributed by atoms with Crippen LogP contribution in [0.1, 0.15) is 17.9 Å². The number of hydrogen-bond acceptors (Lipinski definition) is 4. The first-order valence-corrected chi connectivity index (χ1v) is 7.83. The van der Waals surface area contributed by atoms with Crippen LogP contribution < -0.4 is 5.32 Å². The number of amides is 1. The van der Waals surface area contributed by atoms with Gasteiger partial charge in [-0.25, -0.2) is 0 Å². The molecule has 0 radical (unpaired) electrons. The van der Waals surface area contributed by atoms with Gasteiger partial charge in [0.25, 0.3) is 0 Å². The smallest absolute Gasteiger partial charge is 0.220 e. The van der Waals surface area contributed by atoms with E-state index < -0.39 is 0 Å². The zero-order valence-electron chi connectivity index (χ0n) is 12.4. The van der Waals surface area contributed by atoms with E-state index >= 15 is 0 Å². The Hall–Kier alpha value is -2.01. The fourth-order valence-corrected chi connectivity index (χ4v) is 3.68. The van der Waals surface area contributed by atoms with E-state index in [-0.39, 0.29) is 5.91 Å². The molecular weight excluding hydrogens is 280 g/mol. The summed E-state index contributed by atoms with van der Waals surface area (Å²) in [6.45, 7) is 3.54. The maximum Gasteiger partial charge on any atom is 0.220 e. The van der Waals surface area contributed by atoms with E-state index in [1.807, 2.05) is 24.3 Å². The average Bonchev–Trinajstić information content (AvgIpc) is 3.07. The van der Waals surface area contributed by atoms with Gasteiger partial charge in [0.05, 0.1) is 25.6 Å². The Bertz CT molecular complexity index is 608. The fourth-order valence-electron chi connectivity index (χ4n) is 3.68. The van der Waals surface area contributed by atoms with Crippen molar-refractivity contribution in [1.82, 2.24) is 10.2 Å². The minimum absolute atomic E-state index is 0.133. The zero-order valence-corrected chi connectivity index (χ0v) is 12.4. The first-order chi connectivity index (χ1) is 10.8. The van der Waals surface area contributed by atoms with E-state index in [0.717, 1.165) is 31.2 Å². The summed E-state index contributed by atoms with van der Waals surface area (Å²) in [5.74, 6) is 3.88. The molecule has 22 heavy (non-hydrogen) atoms. The van der Waals surface area contributed by atoms with Gasteiger partial charge in [-0.3, -0.25) is 9.69 Å². The molecule has 1 N–H and O–H groups in total. The molecule has 0 bridgehead atoms. The van der Waals surface area contributed by atoms with Gasteiger partial charge in [-0.1, -0.05) is 0 Å². The van der Waals surface area contributed by atoms with Crippen molar-refractivity contribution < 1.29 is 13.6 Å². The van der Waals surface area contributed by atoms with Crippen LogP contribution in [-0.4, -0.2) is 23.9 Å². The molecule has 2 fully saturated rings. The number of nitrogens with zero attached hydrogens (tertiary/aromatic N) is 1. The molecule has 1 aliphatic carbocycles. The van der Waals surface area contributed by atoms with Gasteiger partial charge in [-0.2, -0.15) is 0 Å². The standard InChI is InChI=1S/C17H20N2O3/c20-17(18-8-12-3-1-5-21-12)7-14-15-10-19(11-16(14)15)9-13-4-2-6-22-13/h1-6,14-16H,7-11H2,(H,18,20)/t14?,15-,16+. The number of fused-ring (bicyclic) bond motifs is 1. The van der Waals surface area contributed by atoms with E-state index in [0.29, 0.717) is 30.7 Å². The van der Waals surface area contributed by atoms with Crippen molar-refractivity contribution in [1.29, 1.82) is 0 Å². The second-order valence-corrected chi connectivity index (χ2v) is 6.33. The summed E-state index contributed by atoms with van der Waals surface area (Å²) in [5, 5.41) is 2.93. The van der Waals surface area contributed by atoms with E-state index in [9.17, 15) is 4.79 Å². The molecule has 0 spiro atoms. The van der Waals surface area contributed by atoms with Gasteiger partial charge < -0.3 is 14.2 Å². The maximum atomic E-state index is 12.0. The van der Waals surface area contributed by atoms with Crippen molar-refractivity contribution in [3.8, 4) is 0 Å². The third-order valence-corrected chi connectivity index (χ3v) is 4.87. The minimum Gasteiger partial charge on any atom is -0.468 e. The average molecular weight is 300 g/mol. The Balaban J connectivity index is 1.19. The van der Waals surface area contributed by atoms with Crippen LogP contribution >= 0.6 is 0 Å². The molecule has 1 aliphatic heterocycles. The molecule has 1 amide bonds. The normalized spacial score (nSPS) is 26.8. The van der Waals surface area contributed by atoms with Gasteiger partial charge in [-0.15, -0.1) is 0 Å². The van der Waals surface area contributed by atoms with Gasteiger partial charge in [0.2, 0.25) is 5.91 Å². The van der Waals surface area contributed by atoms with E-state index in [2.05, 4.69) is 10.2 Å². The van der Waals surface area contributed by atoms with E-state index in [1.54, 1.807) is 12.5 Å². The highest BCUT2D eigenvalue weighted by atomic mass is 16.3. The van der Waals surface area contributed by atoms with Crippen molar-refractivity contribution in [3.63, 3.8) is 0 Å². The van der Waals surface area contributed by atoms with E-state index in [1.165, 1.54) is 0 Å². The molecule has 3 atom stereocenters. The van der Waals surface area contributed by atoms with Gasteiger partial charge in [0.15, 0.2) is 0 Å².